The number of ether oxygens (including phenoxy) is 2. The molecule has 3 atom stereocenters. The number of hydrogen-bond donors (Lipinski definition) is 1. The second-order valence-corrected chi connectivity index (χ2v) is 5.37. The van der Waals surface area contributed by atoms with Gasteiger partial charge in [0.15, 0.2) is 6.10 Å². The van der Waals surface area contributed by atoms with E-state index >= 15 is 0 Å². The van der Waals surface area contributed by atoms with Gasteiger partial charge in [-0.2, -0.15) is 0 Å². The Labute approximate surface area is 108 Å². The predicted octanol–water partition coefficient (Wildman–Crippen LogP) is 1.12. The second-order valence-electron chi connectivity index (χ2n) is 5.37. The van der Waals surface area contributed by atoms with Crippen LogP contribution in [0.15, 0.2) is 0 Å². The fraction of sp³-hybridized carbons (Fsp3) is 0.923. The molecule has 0 aromatic heterocycles. The lowest BCUT2D eigenvalue weighted by molar-refractivity contribution is -0.149. The monoisotopic (exact) mass is 257 g/mol. The van der Waals surface area contributed by atoms with Crippen LogP contribution in [0.25, 0.3) is 0 Å². The maximum Gasteiger partial charge on any atom is 0.332 e. The molecule has 18 heavy (non-hydrogen) atoms. The summed E-state index contributed by atoms with van der Waals surface area (Å²) in [5.74, 6) is -0.837. The summed E-state index contributed by atoms with van der Waals surface area (Å²) in [5.41, 5.74) is 0. The summed E-state index contributed by atoms with van der Waals surface area (Å²) < 4.78 is 11.2. The van der Waals surface area contributed by atoms with E-state index in [0.717, 1.165) is 32.5 Å². The average Bonchev–Trinajstić information content (AvgIpc) is 2.78. The summed E-state index contributed by atoms with van der Waals surface area (Å²) in [7, 11) is 2.05. The maximum absolute atomic E-state index is 10.8. The van der Waals surface area contributed by atoms with Gasteiger partial charge in [0.1, 0.15) is 0 Å². The molecule has 2 aliphatic rings. The van der Waals surface area contributed by atoms with E-state index in [0.29, 0.717) is 12.5 Å². The summed E-state index contributed by atoms with van der Waals surface area (Å²) in [4.78, 5) is 13.0. The van der Waals surface area contributed by atoms with Gasteiger partial charge in [-0.3, -0.25) is 0 Å². The Morgan fingerprint density at radius 3 is 2.61 bits per heavy atom. The molecule has 0 aliphatic carbocycles. The van der Waals surface area contributed by atoms with Gasteiger partial charge in [-0.1, -0.05) is 0 Å². The Morgan fingerprint density at radius 2 is 2.00 bits per heavy atom. The molecule has 0 radical (unpaired) electrons. The van der Waals surface area contributed by atoms with Gasteiger partial charge < -0.3 is 19.5 Å². The summed E-state index contributed by atoms with van der Waals surface area (Å²) in [6.07, 6.45) is 4.81. The third kappa shape index (κ3) is 3.93. The topological polar surface area (TPSA) is 59.0 Å². The first-order valence-corrected chi connectivity index (χ1v) is 6.83. The Bertz CT molecular complexity index is 278. The summed E-state index contributed by atoms with van der Waals surface area (Å²) in [5, 5.41) is 8.87. The van der Waals surface area contributed by atoms with Crippen molar-refractivity contribution in [3.8, 4) is 0 Å². The zero-order valence-electron chi connectivity index (χ0n) is 11.0. The summed E-state index contributed by atoms with van der Waals surface area (Å²) >= 11 is 0. The number of carbonyl (C=O) groups is 1. The lowest BCUT2D eigenvalue weighted by Crippen LogP contribution is -2.37. The highest BCUT2D eigenvalue weighted by atomic mass is 16.5. The normalized spacial score (nSPS) is 32.9. The summed E-state index contributed by atoms with van der Waals surface area (Å²) in [6.45, 7) is 2.58. The van der Waals surface area contributed by atoms with Crippen molar-refractivity contribution in [2.24, 2.45) is 0 Å². The van der Waals surface area contributed by atoms with Gasteiger partial charge in [-0.15, -0.1) is 0 Å². The van der Waals surface area contributed by atoms with Crippen molar-refractivity contribution in [3.63, 3.8) is 0 Å². The molecular weight excluding hydrogens is 234 g/mol. The lowest BCUT2D eigenvalue weighted by Gasteiger charge is -2.28. The molecule has 2 saturated heterocycles. The predicted molar refractivity (Wildman–Crippen MR) is 66.6 cm³/mol. The van der Waals surface area contributed by atoms with E-state index in [4.69, 9.17) is 14.6 Å². The molecule has 0 bridgehead atoms. The molecule has 0 aromatic carbocycles. The largest absolute Gasteiger partial charge is 0.479 e. The molecule has 0 spiro atoms. The second kappa shape index (κ2) is 6.50. The highest BCUT2D eigenvalue weighted by molar-refractivity contribution is 5.72. The van der Waals surface area contributed by atoms with Gasteiger partial charge in [0.2, 0.25) is 0 Å². The highest BCUT2D eigenvalue weighted by Gasteiger charge is 2.31. The molecular formula is C13H23NO4. The standard InChI is InChI=1S/C13H23NO4/c1-14(8-10-4-2-3-7-17-10)9-11-5-6-12(18-11)13(15)16/h10-12H,2-9H2,1H3,(H,15,16). The Morgan fingerprint density at radius 1 is 1.22 bits per heavy atom. The Balaban J connectivity index is 1.68. The molecule has 5 nitrogen and oxygen atoms in total. The van der Waals surface area contributed by atoms with Crippen molar-refractivity contribution in [1.29, 1.82) is 0 Å². The first-order valence-electron chi connectivity index (χ1n) is 6.83. The van der Waals surface area contributed by atoms with E-state index < -0.39 is 12.1 Å². The molecule has 0 aromatic rings. The molecule has 3 unspecified atom stereocenters. The van der Waals surface area contributed by atoms with Gasteiger partial charge >= 0.3 is 5.97 Å². The molecule has 2 aliphatic heterocycles. The molecule has 5 heteroatoms. The quantitative estimate of drug-likeness (QED) is 0.799. The van der Waals surface area contributed by atoms with Crippen LogP contribution in [-0.2, 0) is 14.3 Å². The van der Waals surface area contributed by atoms with E-state index in [1.165, 1.54) is 12.8 Å². The van der Waals surface area contributed by atoms with Crippen LogP contribution in [0.4, 0.5) is 0 Å². The highest BCUT2D eigenvalue weighted by Crippen LogP contribution is 2.21. The van der Waals surface area contributed by atoms with Crippen LogP contribution in [0.2, 0.25) is 0 Å². The third-order valence-corrected chi connectivity index (χ3v) is 3.69. The van der Waals surface area contributed by atoms with Crippen LogP contribution >= 0.6 is 0 Å². The molecule has 0 amide bonds. The van der Waals surface area contributed by atoms with Gasteiger partial charge in [0, 0.05) is 19.7 Å². The van der Waals surface area contributed by atoms with Crippen molar-refractivity contribution < 1.29 is 19.4 Å². The third-order valence-electron chi connectivity index (χ3n) is 3.69. The maximum atomic E-state index is 10.8. The van der Waals surface area contributed by atoms with E-state index in [2.05, 4.69) is 11.9 Å². The van der Waals surface area contributed by atoms with E-state index in [1.54, 1.807) is 0 Å². The van der Waals surface area contributed by atoms with Crippen LogP contribution in [0, 0.1) is 0 Å². The minimum atomic E-state index is -0.837. The van der Waals surface area contributed by atoms with Crippen molar-refractivity contribution in [2.45, 2.75) is 50.4 Å². The average molecular weight is 257 g/mol. The number of carboxylic acid groups (broad SMARTS) is 1. The van der Waals surface area contributed by atoms with Crippen LogP contribution in [0.3, 0.4) is 0 Å². The van der Waals surface area contributed by atoms with Gasteiger partial charge in [-0.05, 0) is 39.2 Å². The fourth-order valence-corrected chi connectivity index (χ4v) is 2.74. The number of carboxylic acids is 1. The molecule has 0 saturated carbocycles. The van der Waals surface area contributed by atoms with E-state index in [1.807, 2.05) is 0 Å². The number of nitrogens with zero attached hydrogens (tertiary/aromatic N) is 1. The van der Waals surface area contributed by atoms with Crippen molar-refractivity contribution in [1.82, 2.24) is 4.90 Å². The number of aliphatic carboxylic acids is 1. The number of rotatable bonds is 5. The van der Waals surface area contributed by atoms with Crippen molar-refractivity contribution >= 4 is 5.97 Å². The zero-order valence-corrected chi connectivity index (χ0v) is 11.0. The molecule has 104 valence electrons. The Kier molecular flexibility index (Phi) is 4.97. The number of hydrogen-bond acceptors (Lipinski definition) is 4. The fourth-order valence-electron chi connectivity index (χ4n) is 2.74. The first-order chi connectivity index (χ1) is 8.65. The van der Waals surface area contributed by atoms with E-state index in [9.17, 15) is 4.79 Å². The van der Waals surface area contributed by atoms with Crippen LogP contribution in [-0.4, -0.2) is 61.0 Å². The molecule has 2 heterocycles. The van der Waals surface area contributed by atoms with Gasteiger partial charge in [0.05, 0.1) is 12.2 Å². The molecule has 2 fully saturated rings. The zero-order chi connectivity index (χ0) is 13.0. The smallest absolute Gasteiger partial charge is 0.332 e. The van der Waals surface area contributed by atoms with E-state index in [-0.39, 0.29) is 6.10 Å². The molecule has 2 rings (SSSR count). The Hall–Kier alpha value is -0.650. The first kappa shape index (κ1) is 13.8. The number of likely N-dealkylation sites (N-methyl/N-ethyl adjacent to an activating group) is 1. The van der Waals surface area contributed by atoms with Crippen molar-refractivity contribution in [2.75, 3.05) is 26.7 Å². The summed E-state index contributed by atoms with van der Waals surface area (Å²) in [6, 6.07) is 0. The lowest BCUT2D eigenvalue weighted by atomic mass is 10.1. The minimum absolute atomic E-state index is 0.0553. The van der Waals surface area contributed by atoms with Crippen LogP contribution in [0.1, 0.15) is 32.1 Å². The van der Waals surface area contributed by atoms with Gasteiger partial charge in [-0.25, -0.2) is 4.79 Å². The SMILES string of the molecule is CN(CC1CCCCO1)CC1CCC(C(=O)O)O1. The van der Waals surface area contributed by atoms with Crippen molar-refractivity contribution in [3.05, 3.63) is 0 Å². The van der Waals surface area contributed by atoms with Gasteiger partial charge in [0.25, 0.3) is 0 Å². The minimum Gasteiger partial charge on any atom is -0.479 e. The van der Waals surface area contributed by atoms with Crippen LogP contribution < -0.4 is 0 Å². The molecule has 1 N–H and O–H groups in total. The van der Waals surface area contributed by atoms with Crippen LogP contribution in [0.5, 0.6) is 0 Å².